The number of anilines is 1. The number of hydrogen-bond donors (Lipinski definition) is 1. The third-order valence-corrected chi connectivity index (χ3v) is 2.84. The van der Waals surface area contributed by atoms with Crippen LogP contribution in [-0.2, 0) is 4.74 Å². The van der Waals surface area contributed by atoms with Crippen LogP contribution in [0.25, 0.3) is 10.9 Å². The number of ether oxygens (including phenoxy) is 3. The standard InChI is InChI=1S/C12H8F2N2O4/c1-18-11(17)6-4-16-7-3-9-8(2-5(7)10(6)15)19-12(13,14)20-9/h2-4H,1H3,(H2,15,16). The fourth-order valence-corrected chi connectivity index (χ4v) is 1.93. The fraction of sp³-hybridized carbons (Fsp3) is 0.167. The quantitative estimate of drug-likeness (QED) is 0.804. The molecule has 1 aromatic heterocycles. The molecule has 1 aromatic carbocycles. The van der Waals surface area contributed by atoms with Crippen molar-refractivity contribution in [3.05, 3.63) is 23.9 Å². The summed E-state index contributed by atoms with van der Waals surface area (Å²) in [7, 11) is 1.20. The van der Waals surface area contributed by atoms with Gasteiger partial charge in [-0.25, -0.2) is 4.79 Å². The number of esters is 1. The zero-order chi connectivity index (χ0) is 14.5. The molecule has 8 heteroatoms. The first-order chi connectivity index (χ1) is 9.41. The van der Waals surface area contributed by atoms with Crippen LogP contribution in [0.2, 0.25) is 0 Å². The lowest BCUT2D eigenvalue weighted by atomic mass is 10.1. The van der Waals surface area contributed by atoms with E-state index in [1.165, 1.54) is 25.4 Å². The van der Waals surface area contributed by atoms with E-state index in [4.69, 9.17) is 5.73 Å². The Hall–Kier alpha value is -2.64. The second-order valence-electron chi connectivity index (χ2n) is 4.06. The number of halogens is 2. The molecule has 0 atom stereocenters. The van der Waals surface area contributed by atoms with E-state index < -0.39 is 12.3 Å². The SMILES string of the molecule is COC(=O)c1cnc2cc3c(cc2c1N)OC(F)(F)O3. The van der Waals surface area contributed by atoms with Crippen LogP contribution < -0.4 is 15.2 Å². The summed E-state index contributed by atoms with van der Waals surface area (Å²) in [4.78, 5) is 15.5. The van der Waals surface area contributed by atoms with Gasteiger partial charge in [-0.05, 0) is 6.07 Å². The van der Waals surface area contributed by atoms with Crippen LogP contribution in [0.1, 0.15) is 10.4 Å². The number of rotatable bonds is 1. The van der Waals surface area contributed by atoms with Gasteiger partial charge in [-0.1, -0.05) is 0 Å². The number of methoxy groups -OCH3 is 1. The van der Waals surface area contributed by atoms with Crippen molar-refractivity contribution in [2.45, 2.75) is 6.29 Å². The molecule has 2 N–H and O–H groups in total. The zero-order valence-corrected chi connectivity index (χ0v) is 10.1. The van der Waals surface area contributed by atoms with Gasteiger partial charge < -0.3 is 19.9 Å². The fourth-order valence-electron chi connectivity index (χ4n) is 1.93. The van der Waals surface area contributed by atoms with E-state index >= 15 is 0 Å². The summed E-state index contributed by atoms with van der Waals surface area (Å²) >= 11 is 0. The summed E-state index contributed by atoms with van der Waals surface area (Å²) in [6.07, 6.45) is -2.51. The van der Waals surface area contributed by atoms with Gasteiger partial charge in [0.1, 0.15) is 5.56 Å². The van der Waals surface area contributed by atoms with E-state index in [1.54, 1.807) is 0 Å². The summed E-state index contributed by atoms with van der Waals surface area (Å²) in [6.45, 7) is 0. The number of benzene rings is 1. The molecular weight excluding hydrogens is 274 g/mol. The maximum absolute atomic E-state index is 13.0. The molecule has 0 bridgehead atoms. The highest BCUT2D eigenvalue weighted by molar-refractivity contribution is 6.04. The summed E-state index contributed by atoms with van der Waals surface area (Å²) in [6, 6.07) is 2.52. The summed E-state index contributed by atoms with van der Waals surface area (Å²) in [5.74, 6) is -0.974. The molecule has 1 aliphatic heterocycles. The van der Waals surface area contributed by atoms with E-state index in [0.717, 1.165) is 0 Å². The van der Waals surface area contributed by atoms with Gasteiger partial charge >= 0.3 is 12.3 Å². The third kappa shape index (κ3) is 1.77. The van der Waals surface area contributed by atoms with Crippen LogP contribution in [0, 0.1) is 0 Å². The van der Waals surface area contributed by atoms with Gasteiger partial charge in [0.2, 0.25) is 0 Å². The number of pyridine rings is 1. The second kappa shape index (κ2) is 3.92. The number of hydrogen-bond acceptors (Lipinski definition) is 6. The van der Waals surface area contributed by atoms with E-state index in [-0.39, 0.29) is 22.7 Å². The van der Waals surface area contributed by atoms with Crippen molar-refractivity contribution in [3.63, 3.8) is 0 Å². The highest BCUT2D eigenvalue weighted by Gasteiger charge is 2.43. The Balaban J connectivity index is 2.20. The number of alkyl halides is 2. The van der Waals surface area contributed by atoms with E-state index in [1.807, 2.05) is 0 Å². The van der Waals surface area contributed by atoms with Crippen LogP contribution in [0.5, 0.6) is 11.5 Å². The van der Waals surface area contributed by atoms with Crippen molar-refractivity contribution >= 4 is 22.6 Å². The molecule has 0 spiro atoms. The van der Waals surface area contributed by atoms with Gasteiger partial charge in [0.05, 0.1) is 18.3 Å². The molecular formula is C12H8F2N2O4. The number of carbonyl (C=O) groups is 1. The Kier molecular flexibility index (Phi) is 2.43. The molecule has 0 radical (unpaired) electrons. The highest BCUT2D eigenvalue weighted by Crippen LogP contribution is 2.44. The normalized spacial score (nSPS) is 15.3. The number of aromatic nitrogens is 1. The van der Waals surface area contributed by atoms with Gasteiger partial charge in [0.25, 0.3) is 0 Å². The van der Waals surface area contributed by atoms with E-state index in [9.17, 15) is 13.6 Å². The molecule has 2 aromatic rings. The molecule has 2 heterocycles. The molecule has 6 nitrogen and oxygen atoms in total. The molecule has 20 heavy (non-hydrogen) atoms. The third-order valence-electron chi connectivity index (χ3n) is 2.84. The average molecular weight is 282 g/mol. The van der Waals surface area contributed by atoms with Crippen molar-refractivity contribution in [3.8, 4) is 11.5 Å². The summed E-state index contributed by atoms with van der Waals surface area (Å²) in [5.41, 5.74) is 6.25. The van der Waals surface area contributed by atoms with E-state index in [0.29, 0.717) is 10.9 Å². The van der Waals surface area contributed by atoms with E-state index in [2.05, 4.69) is 19.2 Å². The lowest BCUT2D eigenvalue weighted by Gasteiger charge is -2.07. The maximum Gasteiger partial charge on any atom is 0.586 e. The van der Waals surface area contributed by atoms with Crippen LogP contribution in [0.4, 0.5) is 14.5 Å². The summed E-state index contributed by atoms with van der Waals surface area (Å²) in [5, 5.41) is 0.299. The molecule has 3 rings (SSSR count). The molecule has 0 fully saturated rings. The predicted octanol–water partition coefficient (Wildman–Crippen LogP) is 1.93. The van der Waals surface area contributed by atoms with Crippen molar-refractivity contribution in [2.75, 3.05) is 12.8 Å². The van der Waals surface area contributed by atoms with Crippen molar-refractivity contribution in [1.29, 1.82) is 0 Å². The number of carbonyl (C=O) groups excluding carboxylic acids is 1. The minimum atomic E-state index is -3.72. The first-order valence-corrected chi connectivity index (χ1v) is 5.47. The molecule has 104 valence electrons. The van der Waals surface area contributed by atoms with Gasteiger partial charge in [-0.15, -0.1) is 8.78 Å². The minimum Gasteiger partial charge on any atom is -0.465 e. The number of fused-ring (bicyclic) bond motifs is 2. The summed E-state index contributed by atoms with van der Waals surface area (Å²) < 4.78 is 39.2. The van der Waals surface area contributed by atoms with Crippen LogP contribution in [0.15, 0.2) is 18.3 Å². The monoisotopic (exact) mass is 282 g/mol. The van der Waals surface area contributed by atoms with Gasteiger partial charge in [-0.2, -0.15) is 0 Å². The van der Waals surface area contributed by atoms with Gasteiger partial charge in [0, 0.05) is 17.6 Å². The van der Waals surface area contributed by atoms with Crippen molar-refractivity contribution in [1.82, 2.24) is 4.98 Å². The Morgan fingerprint density at radius 2 is 2.00 bits per heavy atom. The molecule has 0 aliphatic carbocycles. The van der Waals surface area contributed by atoms with Crippen LogP contribution in [0.3, 0.4) is 0 Å². The van der Waals surface area contributed by atoms with Crippen LogP contribution >= 0.6 is 0 Å². The van der Waals surface area contributed by atoms with Gasteiger partial charge in [-0.3, -0.25) is 4.98 Å². The molecule has 0 amide bonds. The van der Waals surface area contributed by atoms with Crippen molar-refractivity contribution < 1.29 is 27.8 Å². The van der Waals surface area contributed by atoms with Gasteiger partial charge in [0.15, 0.2) is 11.5 Å². The lowest BCUT2D eigenvalue weighted by molar-refractivity contribution is -0.286. The number of nitrogens with two attached hydrogens (primary N) is 1. The average Bonchev–Trinajstić information content (AvgIpc) is 2.69. The molecule has 0 unspecified atom stereocenters. The van der Waals surface area contributed by atoms with Crippen LogP contribution in [-0.4, -0.2) is 24.4 Å². The zero-order valence-electron chi connectivity index (χ0n) is 10.1. The topological polar surface area (TPSA) is 83.7 Å². The maximum atomic E-state index is 13.0. The first-order valence-electron chi connectivity index (χ1n) is 5.47. The minimum absolute atomic E-state index is 0.0469. The Morgan fingerprint density at radius 3 is 2.65 bits per heavy atom. The number of nitrogens with zero attached hydrogens (tertiary/aromatic N) is 1. The largest absolute Gasteiger partial charge is 0.586 e. The smallest absolute Gasteiger partial charge is 0.465 e. The predicted molar refractivity (Wildman–Crippen MR) is 63.7 cm³/mol. The lowest BCUT2D eigenvalue weighted by Crippen LogP contribution is -2.25. The molecule has 1 aliphatic rings. The Labute approximate surface area is 111 Å². The first kappa shape index (κ1) is 12.4. The highest BCUT2D eigenvalue weighted by atomic mass is 19.3. The number of nitrogen functional groups attached to an aromatic ring is 1. The van der Waals surface area contributed by atoms with Crippen molar-refractivity contribution in [2.24, 2.45) is 0 Å². The molecule has 0 saturated heterocycles. The Bertz CT molecular complexity index is 733. The second-order valence-corrected chi connectivity index (χ2v) is 4.06. The Morgan fingerprint density at radius 1 is 1.35 bits per heavy atom. The molecule has 0 saturated carbocycles.